The Morgan fingerprint density at radius 2 is 2.00 bits per heavy atom. The first-order chi connectivity index (χ1) is 9.63. The molecule has 0 aliphatic heterocycles. The molecule has 0 bridgehead atoms. The normalized spacial score (nSPS) is 10.7. The number of fused-ring (bicyclic) bond motifs is 1. The van der Waals surface area contributed by atoms with Crippen LogP contribution in [0.4, 0.5) is 0 Å². The van der Waals surface area contributed by atoms with Gasteiger partial charge in [-0.25, -0.2) is 9.59 Å². The number of esters is 1. The Balaban J connectivity index is 1.91. The first-order valence-electron chi connectivity index (χ1n) is 5.64. The number of benzene rings is 2. The van der Waals surface area contributed by atoms with Crippen LogP contribution in [0.25, 0.3) is 10.3 Å². The van der Waals surface area contributed by atoms with Crippen molar-refractivity contribution in [2.45, 2.75) is 0 Å². The molecule has 0 atom stereocenters. The van der Waals surface area contributed by atoms with Gasteiger partial charge in [0, 0.05) is 10.5 Å². The van der Waals surface area contributed by atoms with Crippen LogP contribution < -0.4 is 9.68 Å². The maximum atomic E-state index is 12.0. The molecular weight excluding hydrogens is 344 g/mol. The summed E-state index contributed by atoms with van der Waals surface area (Å²) >= 11 is 4.27. The van der Waals surface area contributed by atoms with Gasteiger partial charge in [-0.15, -0.1) is 0 Å². The van der Waals surface area contributed by atoms with E-state index in [9.17, 15) is 9.59 Å². The van der Waals surface area contributed by atoms with E-state index in [0.717, 1.165) is 11.3 Å². The van der Waals surface area contributed by atoms with E-state index in [1.165, 1.54) is 0 Å². The lowest BCUT2D eigenvalue weighted by atomic mass is 10.2. The second kappa shape index (κ2) is 5.22. The molecular formula is C14H7BrO4S. The minimum absolute atomic E-state index is 0.371. The van der Waals surface area contributed by atoms with Crippen LogP contribution in [0.3, 0.4) is 0 Å². The molecule has 3 rings (SSSR count). The molecule has 100 valence electrons. The van der Waals surface area contributed by atoms with Gasteiger partial charge in [-0.1, -0.05) is 23.5 Å². The summed E-state index contributed by atoms with van der Waals surface area (Å²) in [7, 11) is 0. The SMILES string of the molecule is O=C(Oc1ccc2oc(=O)sc2c1)c1ccccc1Br. The van der Waals surface area contributed by atoms with Gasteiger partial charge in [0.2, 0.25) is 0 Å². The topological polar surface area (TPSA) is 56.5 Å². The number of carbonyl (C=O) groups is 1. The van der Waals surface area contributed by atoms with Crippen molar-refractivity contribution < 1.29 is 13.9 Å². The highest BCUT2D eigenvalue weighted by molar-refractivity contribution is 9.10. The smallest absolute Gasteiger partial charge is 0.396 e. The van der Waals surface area contributed by atoms with E-state index in [1.54, 1.807) is 36.4 Å². The maximum Gasteiger partial charge on any atom is 0.396 e. The van der Waals surface area contributed by atoms with E-state index in [0.29, 0.717) is 26.1 Å². The van der Waals surface area contributed by atoms with Crippen molar-refractivity contribution in [3.05, 3.63) is 62.2 Å². The summed E-state index contributed by atoms with van der Waals surface area (Å²) in [4.78, 5) is 22.8. The number of halogens is 1. The molecule has 0 aliphatic carbocycles. The molecule has 6 heteroatoms. The Kier molecular flexibility index (Phi) is 3.42. The zero-order chi connectivity index (χ0) is 14.1. The Labute approximate surface area is 125 Å². The van der Waals surface area contributed by atoms with Crippen molar-refractivity contribution in [1.29, 1.82) is 0 Å². The second-order valence-corrected chi connectivity index (χ2v) is 5.76. The minimum atomic E-state index is -0.465. The first-order valence-corrected chi connectivity index (χ1v) is 7.25. The van der Waals surface area contributed by atoms with Crippen molar-refractivity contribution >= 4 is 43.5 Å². The molecule has 0 aliphatic rings. The number of rotatable bonds is 2. The van der Waals surface area contributed by atoms with Gasteiger partial charge in [0.1, 0.15) is 11.3 Å². The van der Waals surface area contributed by atoms with Crippen LogP contribution in [0.2, 0.25) is 0 Å². The predicted molar refractivity (Wildman–Crippen MR) is 79.5 cm³/mol. The van der Waals surface area contributed by atoms with Crippen molar-refractivity contribution in [3.63, 3.8) is 0 Å². The van der Waals surface area contributed by atoms with Crippen LogP contribution >= 0.6 is 27.3 Å². The Bertz CT molecular complexity index is 850. The summed E-state index contributed by atoms with van der Waals surface area (Å²) < 4.78 is 11.6. The predicted octanol–water partition coefficient (Wildman–Crippen LogP) is 3.84. The van der Waals surface area contributed by atoms with Crippen LogP contribution in [-0.4, -0.2) is 5.97 Å². The van der Waals surface area contributed by atoms with E-state index in [4.69, 9.17) is 9.15 Å². The molecule has 0 amide bonds. The zero-order valence-corrected chi connectivity index (χ0v) is 12.4. The van der Waals surface area contributed by atoms with Gasteiger partial charge in [-0.2, -0.15) is 0 Å². The van der Waals surface area contributed by atoms with Gasteiger partial charge in [-0.05, 0) is 40.2 Å². The average Bonchev–Trinajstić information content (AvgIpc) is 2.78. The summed E-state index contributed by atoms with van der Waals surface area (Å²) in [6.45, 7) is 0. The molecule has 0 unspecified atom stereocenters. The quantitative estimate of drug-likeness (QED) is 0.520. The van der Waals surface area contributed by atoms with Gasteiger partial charge in [0.05, 0.1) is 10.3 Å². The van der Waals surface area contributed by atoms with Crippen molar-refractivity contribution in [2.75, 3.05) is 0 Å². The number of hydrogen-bond acceptors (Lipinski definition) is 5. The fourth-order valence-electron chi connectivity index (χ4n) is 1.71. The highest BCUT2D eigenvalue weighted by atomic mass is 79.9. The van der Waals surface area contributed by atoms with E-state index in [2.05, 4.69) is 15.9 Å². The van der Waals surface area contributed by atoms with Gasteiger partial charge < -0.3 is 9.15 Å². The third-order valence-corrected chi connectivity index (χ3v) is 4.09. The van der Waals surface area contributed by atoms with Crippen LogP contribution in [0, 0.1) is 0 Å². The van der Waals surface area contributed by atoms with Gasteiger partial charge in [0.25, 0.3) is 0 Å². The molecule has 0 saturated heterocycles. The second-order valence-electron chi connectivity index (χ2n) is 3.93. The molecule has 0 N–H and O–H groups in total. The zero-order valence-electron chi connectivity index (χ0n) is 9.96. The minimum Gasteiger partial charge on any atom is -0.423 e. The fourth-order valence-corrected chi connectivity index (χ4v) is 2.85. The van der Waals surface area contributed by atoms with Gasteiger partial charge in [0.15, 0.2) is 0 Å². The molecule has 1 aromatic heterocycles. The molecule has 3 aromatic rings. The van der Waals surface area contributed by atoms with E-state index < -0.39 is 5.97 Å². The van der Waals surface area contributed by atoms with E-state index in [-0.39, 0.29) is 4.94 Å². The molecule has 0 radical (unpaired) electrons. The van der Waals surface area contributed by atoms with Crippen LogP contribution in [0.1, 0.15) is 10.4 Å². The summed E-state index contributed by atoms with van der Waals surface area (Å²) in [6.07, 6.45) is 0. The van der Waals surface area contributed by atoms with Gasteiger partial charge in [-0.3, -0.25) is 0 Å². The van der Waals surface area contributed by atoms with Gasteiger partial charge >= 0.3 is 10.9 Å². The summed E-state index contributed by atoms with van der Waals surface area (Å²) in [5.41, 5.74) is 0.925. The molecule has 0 spiro atoms. The Morgan fingerprint density at radius 1 is 1.20 bits per heavy atom. The summed E-state index contributed by atoms with van der Waals surface area (Å²) in [6, 6.07) is 11.8. The standard InChI is InChI=1S/C14H7BrO4S/c15-10-4-2-1-3-9(10)13(16)18-8-5-6-11-12(7-8)20-14(17)19-11/h1-7H. The molecule has 1 heterocycles. The van der Waals surface area contributed by atoms with Crippen molar-refractivity contribution in [1.82, 2.24) is 0 Å². The maximum absolute atomic E-state index is 12.0. The summed E-state index contributed by atoms with van der Waals surface area (Å²) in [5, 5.41) is 0. The van der Waals surface area contributed by atoms with Crippen molar-refractivity contribution in [3.8, 4) is 5.75 Å². The molecule has 0 saturated carbocycles. The van der Waals surface area contributed by atoms with Crippen LogP contribution in [0.15, 0.2) is 56.1 Å². The third kappa shape index (κ3) is 2.52. The van der Waals surface area contributed by atoms with E-state index in [1.807, 2.05) is 6.07 Å². The molecule has 20 heavy (non-hydrogen) atoms. The fraction of sp³-hybridized carbons (Fsp3) is 0. The largest absolute Gasteiger partial charge is 0.423 e. The Morgan fingerprint density at radius 3 is 2.80 bits per heavy atom. The monoisotopic (exact) mass is 350 g/mol. The molecule has 0 fully saturated rings. The third-order valence-electron chi connectivity index (χ3n) is 2.61. The first kappa shape index (κ1) is 13.1. The molecule has 4 nitrogen and oxygen atoms in total. The van der Waals surface area contributed by atoms with Crippen LogP contribution in [0.5, 0.6) is 5.75 Å². The summed E-state index contributed by atoms with van der Waals surface area (Å²) in [5.74, 6) is -0.0945. The lowest BCUT2D eigenvalue weighted by molar-refractivity contribution is 0.0734. The van der Waals surface area contributed by atoms with Crippen molar-refractivity contribution in [2.24, 2.45) is 0 Å². The highest BCUT2D eigenvalue weighted by Crippen LogP contribution is 2.24. The van der Waals surface area contributed by atoms with E-state index >= 15 is 0 Å². The lowest BCUT2D eigenvalue weighted by Gasteiger charge is -2.05. The lowest BCUT2D eigenvalue weighted by Crippen LogP contribution is -2.08. The molecule has 2 aromatic carbocycles. The number of ether oxygens (including phenoxy) is 1. The Hall–Kier alpha value is -1.92. The number of hydrogen-bond donors (Lipinski definition) is 0. The van der Waals surface area contributed by atoms with Crippen LogP contribution in [-0.2, 0) is 0 Å². The average molecular weight is 351 g/mol. The highest BCUT2D eigenvalue weighted by Gasteiger charge is 2.12. The number of carbonyl (C=O) groups excluding carboxylic acids is 1.